The van der Waals surface area contributed by atoms with Crippen LogP contribution in [0.2, 0.25) is 0 Å². The Hall–Kier alpha value is -2.54. The summed E-state index contributed by atoms with van der Waals surface area (Å²) in [7, 11) is 0. The lowest BCUT2D eigenvalue weighted by molar-refractivity contribution is -0.386. The molecule has 0 radical (unpaired) electrons. The van der Waals surface area contributed by atoms with Gasteiger partial charge in [-0.3, -0.25) is 10.1 Å². The maximum atomic E-state index is 11.0. The van der Waals surface area contributed by atoms with Crippen LogP contribution in [0.15, 0.2) is 36.7 Å². The summed E-state index contributed by atoms with van der Waals surface area (Å²) in [6, 6.07) is 6.53. The molecule has 1 aromatic heterocycles. The van der Waals surface area contributed by atoms with Gasteiger partial charge in [-0.05, 0) is 24.2 Å². The van der Waals surface area contributed by atoms with E-state index in [1.54, 1.807) is 30.6 Å². The van der Waals surface area contributed by atoms with Crippen LogP contribution in [0.5, 0.6) is 5.75 Å². The van der Waals surface area contributed by atoms with Crippen molar-refractivity contribution < 1.29 is 9.66 Å². The van der Waals surface area contributed by atoms with Crippen molar-refractivity contribution in [3.05, 3.63) is 58.2 Å². The highest BCUT2D eigenvalue weighted by molar-refractivity contribution is 5.48. The van der Waals surface area contributed by atoms with Gasteiger partial charge in [0.1, 0.15) is 6.61 Å². The fourth-order valence-corrected chi connectivity index (χ4v) is 1.75. The number of aromatic nitrogens is 2. The molecule has 0 saturated carbocycles. The van der Waals surface area contributed by atoms with Crippen LogP contribution in [-0.4, -0.2) is 21.4 Å². The molecule has 0 atom stereocenters. The average Bonchev–Trinajstić information content (AvgIpc) is 2.51. The molecule has 21 heavy (non-hydrogen) atoms. The van der Waals surface area contributed by atoms with Crippen molar-refractivity contribution in [2.75, 3.05) is 6.54 Å². The molecule has 7 nitrogen and oxygen atoms in total. The van der Waals surface area contributed by atoms with Crippen molar-refractivity contribution in [2.45, 2.75) is 20.1 Å². The van der Waals surface area contributed by atoms with Crippen LogP contribution < -0.4 is 10.1 Å². The smallest absolute Gasteiger partial charge is 0.310 e. The highest BCUT2D eigenvalue weighted by Crippen LogP contribution is 2.28. The second kappa shape index (κ2) is 7.30. The zero-order chi connectivity index (χ0) is 15.1. The molecule has 7 heteroatoms. The maximum Gasteiger partial charge on any atom is 0.310 e. The zero-order valence-corrected chi connectivity index (χ0v) is 11.7. The summed E-state index contributed by atoms with van der Waals surface area (Å²) in [5.41, 5.74) is 0.859. The summed E-state index contributed by atoms with van der Waals surface area (Å²) < 4.78 is 5.51. The molecule has 0 fully saturated rings. The average molecular weight is 288 g/mol. The second-order valence-electron chi connectivity index (χ2n) is 4.29. The predicted molar refractivity (Wildman–Crippen MR) is 76.8 cm³/mol. The van der Waals surface area contributed by atoms with Crippen LogP contribution in [-0.2, 0) is 13.2 Å². The Bertz CT molecular complexity index is 604. The molecule has 0 aliphatic heterocycles. The third-order valence-corrected chi connectivity index (χ3v) is 2.78. The number of nitro benzene ring substituents is 1. The van der Waals surface area contributed by atoms with Crippen LogP contribution >= 0.6 is 0 Å². The Kier molecular flexibility index (Phi) is 5.16. The van der Waals surface area contributed by atoms with E-state index in [4.69, 9.17) is 4.74 Å². The van der Waals surface area contributed by atoms with Crippen LogP contribution in [0, 0.1) is 10.1 Å². The van der Waals surface area contributed by atoms with Crippen molar-refractivity contribution in [2.24, 2.45) is 0 Å². The summed E-state index contributed by atoms with van der Waals surface area (Å²) in [5, 5.41) is 14.2. The normalized spacial score (nSPS) is 10.3. The van der Waals surface area contributed by atoms with E-state index in [2.05, 4.69) is 15.3 Å². The quantitative estimate of drug-likeness (QED) is 0.619. The van der Waals surface area contributed by atoms with Crippen molar-refractivity contribution in [3.63, 3.8) is 0 Å². The Morgan fingerprint density at radius 2 is 2.10 bits per heavy atom. The van der Waals surface area contributed by atoms with Gasteiger partial charge in [-0.25, -0.2) is 9.97 Å². The highest BCUT2D eigenvalue weighted by Gasteiger charge is 2.16. The molecule has 0 unspecified atom stereocenters. The number of nitrogens with zero attached hydrogens (tertiary/aromatic N) is 3. The fraction of sp³-hybridized carbons (Fsp3) is 0.286. The van der Waals surface area contributed by atoms with Gasteiger partial charge in [-0.1, -0.05) is 13.0 Å². The van der Waals surface area contributed by atoms with E-state index >= 15 is 0 Å². The van der Waals surface area contributed by atoms with Gasteiger partial charge in [0, 0.05) is 25.0 Å². The third-order valence-electron chi connectivity index (χ3n) is 2.78. The minimum atomic E-state index is -0.460. The van der Waals surface area contributed by atoms with Crippen molar-refractivity contribution in [3.8, 4) is 5.75 Å². The molecule has 0 bridgehead atoms. The Morgan fingerprint density at radius 1 is 1.33 bits per heavy atom. The number of hydrogen-bond acceptors (Lipinski definition) is 6. The molecule has 2 aromatic rings. The Labute approximate surface area is 122 Å². The lowest BCUT2D eigenvalue weighted by Crippen LogP contribution is -2.12. The van der Waals surface area contributed by atoms with E-state index in [9.17, 15) is 10.1 Å². The van der Waals surface area contributed by atoms with Crippen molar-refractivity contribution >= 4 is 5.69 Å². The van der Waals surface area contributed by atoms with Crippen molar-refractivity contribution in [1.29, 1.82) is 0 Å². The van der Waals surface area contributed by atoms with E-state index in [0.29, 0.717) is 12.4 Å². The Morgan fingerprint density at radius 3 is 2.76 bits per heavy atom. The fourth-order valence-electron chi connectivity index (χ4n) is 1.75. The maximum absolute atomic E-state index is 11.0. The number of nitro groups is 1. The second-order valence-corrected chi connectivity index (χ2v) is 4.29. The molecule has 0 aliphatic carbocycles. The summed E-state index contributed by atoms with van der Waals surface area (Å²) in [6.45, 7) is 3.54. The Balaban J connectivity index is 2.16. The first-order chi connectivity index (χ1) is 10.2. The number of rotatable bonds is 7. The van der Waals surface area contributed by atoms with Gasteiger partial charge in [0.15, 0.2) is 11.6 Å². The summed E-state index contributed by atoms with van der Waals surface area (Å²) in [6.07, 6.45) is 3.20. The third kappa shape index (κ3) is 4.22. The monoisotopic (exact) mass is 288 g/mol. The van der Waals surface area contributed by atoms with Gasteiger partial charge in [0.05, 0.1) is 4.92 Å². The molecular weight excluding hydrogens is 272 g/mol. The van der Waals surface area contributed by atoms with Gasteiger partial charge < -0.3 is 10.1 Å². The lowest BCUT2D eigenvalue weighted by atomic mass is 10.2. The summed E-state index contributed by atoms with van der Waals surface area (Å²) in [4.78, 5) is 18.6. The van der Waals surface area contributed by atoms with Crippen LogP contribution in [0.25, 0.3) is 0 Å². The minimum Gasteiger partial charge on any atom is -0.479 e. The molecule has 2 rings (SSSR count). The summed E-state index contributed by atoms with van der Waals surface area (Å²) in [5.74, 6) is 0.701. The molecule has 1 aromatic carbocycles. The first kappa shape index (κ1) is 14.9. The van der Waals surface area contributed by atoms with Crippen molar-refractivity contribution in [1.82, 2.24) is 15.3 Å². The predicted octanol–water partition coefficient (Wildman–Crippen LogP) is 2.07. The van der Waals surface area contributed by atoms with Gasteiger partial charge in [0.2, 0.25) is 0 Å². The molecule has 1 N–H and O–H groups in total. The van der Waals surface area contributed by atoms with E-state index in [-0.39, 0.29) is 18.0 Å². The van der Waals surface area contributed by atoms with E-state index < -0.39 is 4.92 Å². The first-order valence-corrected chi connectivity index (χ1v) is 6.57. The first-order valence-electron chi connectivity index (χ1n) is 6.57. The lowest BCUT2D eigenvalue weighted by Gasteiger charge is -2.08. The molecule has 0 aliphatic rings. The zero-order valence-electron chi connectivity index (χ0n) is 11.7. The number of hydrogen-bond donors (Lipinski definition) is 1. The number of nitrogens with one attached hydrogen (secondary N) is 1. The molecule has 0 amide bonds. The molecule has 0 saturated heterocycles. The molecular formula is C14H16N4O3. The van der Waals surface area contributed by atoms with Gasteiger partial charge in [-0.2, -0.15) is 0 Å². The largest absolute Gasteiger partial charge is 0.479 e. The topological polar surface area (TPSA) is 90.2 Å². The molecule has 0 spiro atoms. The van der Waals surface area contributed by atoms with E-state index in [0.717, 1.165) is 12.1 Å². The van der Waals surface area contributed by atoms with E-state index in [1.807, 2.05) is 6.92 Å². The van der Waals surface area contributed by atoms with Gasteiger partial charge >= 0.3 is 5.69 Å². The van der Waals surface area contributed by atoms with Gasteiger partial charge in [-0.15, -0.1) is 0 Å². The molecule has 110 valence electrons. The molecule has 1 heterocycles. The van der Waals surface area contributed by atoms with Crippen LogP contribution in [0.4, 0.5) is 5.69 Å². The SMILES string of the molecule is CCNCc1ccc([N+](=O)[O-])c(OCc2ncccn2)c1. The van der Waals surface area contributed by atoms with E-state index in [1.165, 1.54) is 6.07 Å². The number of benzene rings is 1. The highest BCUT2D eigenvalue weighted by atomic mass is 16.6. The summed E-state index contributed by atoms with van der Waals surface area (Å²) >= 11 is 0. The standard InChI is InChI=1S/C14H16N4O3/c1-2-15-9-11-4-5-12(18(19)20)13(8-11)21-10-14-16-6-3-7-17-14/h3-8,15H,2,9-10H2,1H3. The minimum absolute atomic E-state index is 0.0637. The van der Waals surface area contributed by atoms with Crippen LogP contribution in [0.3, 0.4) is 0 Å². The van der Waals surface area contributed by atoms with Crippen LogP contribution in [0.1, 0.15) is 18.3 Å². The number of ether oxygens (including phenoxy) is 1. The van der Waals surface area contributed by atoms with Gasteiger partial charge in [0.25, 0.3) is 0 Å².